The lowest BCUT2D eigenvalue weighted by Gasteiger charge is -2.36. The van der Waals surface area contributed by atoms with Gasteiger partial charge in [0, 0.05) is 32.7 Å². The third kappa shape index (κ3) is 4.81. The summed E-state index contributed by atoms with van der Waals surface area (Å²) in [5.41, 5.74) is 3.44. The Morgan fingerprint density at radius 2 is 1.90 bits per heavy atom. The number of aromatic nitrogens is 1. The Labute approximate surface area is 174 Å². The highest BCUT2D eigenvalue weighted by molar-refractivity contribution is 7.99. The third-order valence-electron chi connectivity index (χ3n) is 4.88. The molecular weight excluding hydrogens is 384 g/mol. The van der Waals surface area contributed by atoms with E-state index in [1.807, 2.05) is 48.5 Å². The summed E-state index contributed by atoms with van der Waals surface area (Å²) in [4.78, 5) is 21.6. The molecule has 0 saturated carbocycles. The second-order valence-corrected chi connectivity index (χ2v) is 7.80. The van der Waals surface area contributed by atoms with Gasteiger partial charge in [-0.25, -0.2) is 4.98 Å². The molecule has 29 heavy (non-hydrogen) atoms. The van der Waals surface area contributed by atoms with Gasteiger partial charge in [0.15, 0.2) is 5.58 Å². The Morgan fingerprint density at radius 3 is 2.69 bits per heavy atom. The van der Waals surface area contributed by atoms with E-state index in [9.17, 15) is 4.79 Å². The second-order valence-electron chi connectivity index (χ2n) is 6.88. The van der Waals surface area contributed by atoms with Crippen molar-refractivity contribution in [3.05, 3.63) is 61.2 Å². The van der Waals surface area contributed by atoms with Crippen molar-refractivity contribution in [1.29, 1.82) is 0 Å². The molecule has 0 aliphatic carbocycles. The lowest BCUT2D eigenvalue weighted by molar-refractivity contribution is -0.113. The summed E-state index contributed by atoms with van der Waals surface area (Å²) in [6.45, 7) is 8.56. The number of fused-ring (bicyclic) bond motifs is 1. The molecule has 150 valence electrons. The molecule has 0 unspecified atom stereocenters. The van der Waals surface area contributed by atoms with Gasteiger partial charge < -0.3 is 14.6 Å². The van der Waals surface area contributed by atoms with Gasteiger partial charge >= 0.3 is 0 Å². The Morgan fingerprint density at radius 1 is 1.14 bits per heavy atom. The van der Waals surface area contributed by atoms with Crippen molar-refractivity contribution in [2.24, 2.45) is 0 Å². The number of amides is 1. The molecule has 1 fully saturated rings. The fourth-order valence-corrected chi connectivity index (χ4v) is 4.07. The molecular formula is C22H24N4O2S. The highest BCUT2D eigenvalue weighted by atomic mass is 32.2. The van der Waals surface area contributed by atoms with Crippen molar-refractivity contribution in [3.63, 3.8) is 0 Å². The van der Waals surface area contributed by atoms with Crippen molar-refractivity contribution >= 4 is 40.1 Å². The van der Waals surface area contributed by atoms with Gasteiger partial charge in [-0.05, 0) is 24.3 Å². The number of oxazole rings is 1. The van der Waals surface area contributed by atoms with Crippen LogP contribution in [0, 0.1) is 0 Å². The monoisotopic (exact) mass is 408 g/mol. The molecule has 2 heterocycles. The molecule has 1 N–H and O–H groups in total. The molecule has 1 aliphatic rings. The first kappa shape index (κ1) is 19.5. The minimum absolute atomic E-state index is 0.0741. The number of carbonyl (C=O) groups is 1. The minimum Gasteiger partial charge on any atom is -0.431 e. The first-order valence-corrected chi connectivity index (χ1v) is 10.7. The summed E-state index contributed by atoms with van der Waals surface area (Å²) in [6, 6.07) is 15.6. The van der Waals surface area contributed by atoms with Gasteiger partial charge in [0.05, 0.1) is 17.1 Å². The van der Waals surface area contributed by atoms with Gasteiger partial charge in [-0.1, -0.05) is 42.1 Å². The first-order valence-electron chi connectivity index (χ1n) is 9.68. The number of nitrogens with one attached hydrogen (secondary N) is 1. The van der Waals surface area contributed by atoms with E-state index in [1.165, 1.54) is 11.8 Å². The number of thioether (sulfide) groups is 1. The summed E-state index contributed by atoms with van der Waals surface area (Å²) in [5, 5.41) is 3.55. The van der Waals surface area contributed by atoms with E-state index in [-0.39, 0.29) is 11.7 Å². The molecule has 0 bridgehead atoms. The SMILES string of the molecule is C=CCN1CCN(c2ccccc2NC(=O)CSc2nc3ccccc3o2)CC1. The number of anilines is 2. The number of carbonyl (C=O) groups excluding carboxylic acids is 1. The molecule has 7 heteroatoms. The first-order chi connectivity index (χ1) is 14.2. The van der Waals surface area contributed by atoms with E-state index >= 15 is 0 Å². The Hall–Kier alpha value is -2.77. The number of benzene rings is 2. The normalized spacial score (nSPS) is 14.8. The highest BCUT2D eigenvalue weighted by Gasteiger charge is 2.19. The van der Waals surface area contributed by atoms with Gasteiger partial charge in [-0.15, -0.1) is 6.58 Å². The highest BCUT2D eigenvalue weighted by Crippen LogP contribution is 2.28. The zero-order valence-corrected chi connectivity index (χ0v) is 17.0. The summed E-state index contributed by atoms with van der Waals surface area (Å²) in [7, 11) is 0. The average molecular weight is 409 g/mol. The molecule has 1 saturated heterocycles. The summed E-state index contributed by atoms with van der Waals surface area (Å²) in [6.07, 6.45) is 1.94. The number of piperazine rings is 1. The maximum Gasteiger partial charge on any atom is 0.257 e. The van der Waals surface area contributed by atoms with Crippen molar-refractivity contribution in [3.8, 4) is 0 Å². The quantitative estimate of drug-likeness (QED) is 0.473. The Kier molecular flexibility index (Phi) is 6.17. The van der Waals surface area contributed by atoms with E-state index in [1.54, 1.807) is 0 Å². The van der Waals surface area contributed by atoms with Crippen LogP contribution in [0.5, 0.6) is 0 Å². The van der Waals surface area contributed by atoms with Crippen LogP contribution in [0.3, 0.4) is 0 Å². The number of nitrogens with zero attached hydrogens (tertiary/aromatic N) is 3. The number of rotatable bonds is 7. The third-order valence-corrected chi connectivity index (χ3v) is 5.71. The van der Waals surface area contributed by atoms with E-state index in [2.05, 4.69) is 32.7 Å². The summed E-state index contributed by atoms with van der Waals surface area (Å²) in [5.74, 6) is 0.170. The molecule has 4 rings (SSSR count). The van der Waals surface area contributed by atoms with Crippen molar-refractivity contribution in [1.82, 2.24) is 9.88 Å². The van der Waals surface area contributed by atoms with Gasteiger partial charge in [-0.3, -0.25) is 9.69 Å². The van der Waals surface area contributed by atoms with Gasteiger partial charge in [-0.2, -0.15) is 0 Å². The van der Waals surface area contributed by atoms with Crippen molar-refractivity contribution in [2.75, 3.05) is 48.7 Å². The molecule has 1 aliphatic heterocycles. The molecule has 3 aromatic rings. The van der Waals surface area contributed by atoms with Crippen LogP contribution in [0.25, 0.3) is 11.1 Å². The van der Waals surface area contributed by atoms with Gasteiger partial charge in [0.1, 0.15) is 5.52 Å². The van der Waals surface area contributed by atoms with Crippen LogP contribution in [-0.4, -0.2) is 54.3 Å². The molecule has 0 spiro atoms. The fraction of sp³-hybridized carbons (Fsp3) is 0.273. The van der Waals surface area contributed by atoms with Gasteiger partial charge in [0.25, 0.3) is 5.22 Å². The average Bonchev–Trinajstić information content (AvgIpc) is 3.17. The smallest absolute Gasteiger partial charge is 0.257 e. The van der Waals surface area contributed by atoms with E-state index in [0.717, 1.165) is 55.2 Å². The summed E-state index contributed by atoms with van der Waals surface area (Å²) >= 11 is 1.30. The van der Waals surface area contributed by atoms with Crippen LogP contribution in [0.1, 0.15) is 0 Å². The summed E-state index contributed by atoms with van der Waals surface area (Å²) < 4.78 is 5.67. The second kappa shape index (κ2) is 9.15. The predicted octanol–water partition coefficient (Wildman–Crippen LogP) is 3.87. The lowest BCUT2D eigenvalue weighted by Crippen LogP contribution is -2.46. The van der Waals surface area contributed by atoms with Crippen molar-refractivity contribution in [2.45, 2.75) is 5.22 Å². The Balaban J connectivity index is 1.36. The number of para-hydroxylation sites is 4. The predicted molar refractivity (Wildman–Crippen MR) is 119 cm³/mol. The molecule has 2 aromatic carbocycles. The van der Waals surface area contributed by atoms with E-state index < -0.39 is 0 Å². The molecule has 1 amide bonds. The zero-order valence-electron chi connectivity index (χ0n) is 16.2. The van der Waals surface area contributed by atoms with Crippen LogP contribution in [0.2, 0.25) is 0 Å². The molecule has 0 atom stereocenters. The van der Waals surface area contributed by atoms with Gasteiger partial charge in [0.2, 0.25) is 5.91 Å². The lowest BCUT2D eigenvalue weighted by atomic mass is 10.2. The van der Waals surface area contributed by atoms with Crippen molar-refractivity contribution < 1.29 is 9.21 Å². The van der Waals surface area contributed by atoms with Crippen LogP contribution >= 0.6 is 11.8 Å². The largest absolute Gasteiger partial charge is 0.431 e. The number of hydrogen-bond donors (Lipinski definition) is 1. The van der Waals surface area contributed by atoms with E-state index in [0.29, 0.717) is 5.22 Å². The van der Waals surface area contributed by atoms with Crippen LogP contribution < -0.4 is 10.2 Å². The minimum atomic E-state index is -0.0741. The van der Waals surface area contributed by atoms with Crippen LogP contribution in [-0.2, 0) is 4.79 Å². The van der Waals surface area contributed by atoms with E-state index in [4.69, 9.17) is 4.42 Å². The number of hydrogen-bond acceptors (Lipinski definition) is 6. The zero-order chi connectivity index (χ0) is 20.1. The molecule has 6 nitrogen and oxygen atoms in total. The fourth-order valence-electron chi connectivity index (χ4n) is 3.44. The van der Waals surface area contributed by atoms with Crippen LogP contribution in [0.15, 0.2) is 70.8 Å². The molecule has 1 aromatic heterocycles. The standard InChI is InChI=1S/C22H24N4O2S/c1-2-11-25-12-14-26(15-13-25)19-9-5-3-7-17(19)23-21(27)16-29-22-24-18-8-4-6-10-20(18)28-22/h2-10H,1,11-16H2,(H,23,27). The maximum atomic E-state index is 12.5. The molecule has 0 radical (unpaired) electrons. The maximum absolute atomic E-state index is 12.5. The van der Waals surface area contributed by atoms with Crippen LogP contribution in [0.4, 0.5) is 11.4 Å². The Bertz CT molecular complexity index is 962. The topological polar surface area (TPSA) is 61.6 Å².